The molecule has 0 spiro atoms. The fourth-order valence-electron chi connectivity index (χ4n) is 11.0. The van der Waals surface area contributed by atoms with Gasteiger partial charge in [-0.2, -0.15) is 0 Å². The average molecular weight is 818 g/mol. The third-order valence-electron chi connectivity index (χ3n) is 13.9. The Morgan fingerprint density at radius 3 is 1.80 bits per heavy atom. The van der Waals surface area contributed by atoms with Crippen LogP contribution in [0.1, 0.15) is 25.0 Å². The van der Waals surface area contributed by atoms with Gasteiger partial charge in [0, 0.05) is 55.1 Å². The van der Waals surface area contributed by atoms with E-state index in [-0.39, 0.29) is 5.41 Å². The van der Waals surface area contributed by atoms with Crippen LogP contribution in [0, 0.1) is 0 Å². The van der Waals surface area contributed by atoms with Gasteiger partial charge in [-0.1, -0.05) is 178 Å². The molecule has 3 aromatic heterocycles. The summed E-state index contributed by atoms with van der Waals surface area (Å²) < 4.78 is 5.01. The first-order valence-electron chi connectivity index (χ1n) is 22.3. The van der Waals surface area contributed by atoms with Gasteiger partial charge < -0.3 is 4.90 Å². The normalized spacial score (nSPS) is 13.0. The van der Waals surface area contributed by atoms with Crippen LogP contribution in [0.15, 0.2) is 224 Å². The summed E-state index contributed by atoms with van der Waals surface area (Å²) in [6.07, 6.45) is 0. The molecule has 0 saturated heterocycles. The summed E-state index contributed by atoms with van der Waals surface area (Å²) in [5, 5.41) is 6.21. The molecule has 0 radical (unpaired) electrons. The monoisotopic (exact) mass is 817 g/mol. The van der Waals surface area contributed by atoms with E-state index in [1.807, 2.05) is 0 Å². The van der Waals surface area contributed by atoms with Crippen LogP contribution in [0.25, 0.3) is 88.2 Å². The molecule has 3 nitrogen and oxygen atoms in total. The summed E-state index contributed by atoms with van der Waals surface area (Å²) in [6.45, 7) is 4.70. The molecule has 1 aliphatic rings. The second-order valence-electron chi connectivity index (χ2n) is 17.7. The number of fused-ring (bicyclic) bond motifs is 13. The number of nitrogens with zero attached hydrogens (tertiary/aromatic N) is 3. The van der Waals surface area contributed by atoms with Crippen LogP contribution >= 0.6 is 0 Å². The van der Waals surface area contributed by atoms with Crippen molar-refractivity contribution < 1.29 is 0 Å². The number of anilines is 3. The molecule has 64 heavy (non-hydrogen) atoms. The third kappa shape index (κ3) is 5.22. The zero-order valence-electron chi connectivity index (χ0n) is 35.7. The second kappa shape index (κ2) is 13.9. The van der Waals surface area contributed by atoms with E-state index in [1.165, 1.54) is 99.3 Å². The zero-order valence-corrected chi connectivity index (χ0v) is 35.7. The first-order chi connectivity index (χ1) is 31.6. The molecule has 3 heteroatoms. The number of para-hydroxylation sites is 3. The summed E-state index contributed by atoms with van der Waals surface area (Å²) in [5.41, 5.74) is 19.5. The highest BCUT2D eigenvalue weighted by Crippen LogP contribution is 2.54. The van der Waals surface area contributed by atoms with E-state index < -0.39 is 0 Å². The summed E-state index contributed by atoms with van der Waals surface area (Å²) in [5.74, 6) is 0. The zero-order chi connectivity index (χ0) is 42.5. The fourth-order valence-corrected chi connectivity index (χ4v) is 11.0. The van der Waals surface area contributed by atoms with Crippen LogP contribution < -0.4 is 4.90 Å². The predicted octanol–water partition coefficient (Wildman–Crippen LogP) is 16.5. The molecule has 0 unspecified atom stereocenters. The van der Waals surface area contributed by atoms with Crippen LogP contribution in [-0.4, -0.2) is 8.97 Å². The van der Waals surface area contributed by atoms with Crippen molar-refractivity contribution in [3.8, 4) is 39.1 Å². The molecule has 0 saturated carbocycles. The maximum Gasteiger partial charge on any atom is 0.131 e. The molecule has 13 rings (SSSR count). The first-order valence-corrected chi connectivity index (χ1v) is 22.3. The Morgan fingerprint density at radius 2 is 1.02 bits per heavy atom. The Bertz CT molecular complexity index is 3780. The van der Waals surface area contributed by atoms with Crippen LogP contribution in [0.3, 0.4) is 0 Å². The van der Waals surface area contributed by atoms with E-state index in [0.29, 0.717) is 0 Å². The SMILES string of the molecule is CC1(C)c2ccccc2-c2c(N(c3ccccc3)c3ccc(-c4ccc5c(c4)c4ccccc4c4c(-c6ccccc6)c6c7ccccc7n(-c7ccccc7)c6n54)cc3)cccc21. The number of hydrogen-bond acceptors (Lipinski definition) is 1. The Labute approximate surface area is 372 Å². The molecule has 0 N–H and O–H groups in total. The summed E-state index contributed by atoms with van der Waals surface area (Å²) in [4.78, 5) is 2.43. The van der Waals surface area contributed by atoms with Gasteiger partial charge in [0.1, 0.15) is 5.65 Å². The Balaban J connectivity index is 1.03. The molecule has 302 valence electrons. The van der Waals surface area contributed by atoms with Gasteiger partial charge in [-0.3, -0.25) is 8.97 Å². The van der Waals surface area contributed by atoms with Crippen molar-refractivity contribution in [2.24, 2.45) is 0 Å². The van der Waals surface area contributed by atoms with Gasteiger partial charge in [-0.05, 0) is 99.4 Å². The fraction of sp³-hybridized carbons (Fsp3) is 0.0492. The highest BCUT2D eigenvalue weighted by atomic mass is 15.1. The van der Waals surface area contributed by atoms with E-state index >= 15 is 0 Å². The van der Waals surface area contributed by atoms with Crippen molar-refractivity contribution in [1.29, 1.82) is 0 Å². The van der Waals surface area contributed by atoms with Gasteiger partial charge >= 0.3 is 0 Å². The molecule has 12 aromatic rings. The maximum atomic E-state index is 2.55. The number of hydrogen-bond donors (Lipinski definition) is 0. The molecule has 0 bridgehead atoms. The molecular weight excluding hydrogens is 775 g/mol. The Morgan fingerprint density at radius 1 is 0.406 bits per heavy atom. The van der Waals surface area contributed by atoms with Gasteiger partial charge in [0.2, 0.25) is 0 Å². The molecular formula is C61H43N3. The maximum absolute atomic E-state index is 2.55. The lowest BCUT2D eigenvalue weighted by Crippen LogP contribution is -2.16. The topological polar surface area (TPSA) is 12.6 Å². The molecule has 0 fully saturated rings. The highest BCUT2D eigenvalue weighted by Gasteiger charge is 2.37. The van der Waals surface area contributed by atoms with Gasteiger partial charge in [0.05, 0.1) is 22.2 Å². The lowest BCUT2D eigenvalue weighted by atomic mass is 9.82. The standard InChI is InChI=1S/C61H43N3/c1-61(2)51-29-16-14-27-48(51)57-52(61)30-18-32-55(57)62(43-21-8-4-9-22-43)45-36-33-40(34-37-45)42-35-38-54-50(39-42)46-25-12-13-26-47(46)59-56(41-19-6-3-7-20-41)58-49-28-15-17-31-53(49)63(60(58)64(54)59)44-23-10-5-11-24-44/h3-39H,1-2H3. The first kappa shape index (κ1) is 36.5. The smallest absolute Gasteiger partial charge is 0.131 e. The van der Waals surface area contributed by atoms with Crippen molar-refractivity contribution >= 4 is 66.2 Å². The second-order valence-corrected chi connectivity index (χ2v) is 17.7. The van der Waals surface area contributed by atoms with Crippen molar-refractivity contribution in [3.63, 3.8) is 0 Å². The lowest BCUT2D eigenvalue weighted by Gasteiger charge is -2.29. The highest BCUT2D eigenvalue weighted by molar-refractivity contribution is 6.27. The summed E-state index contributed by atoms with van der Waals surface area (Å²) >= 11 is 0. The van der Waals surface area contributed by atoms with Crippen molar-refractivity contribution in [3.05, 3.63) is 236 Å². The van der Waals surface area contributed by atoms with Crippen LogP contribution in [0.5, 0.6) is 0 Å². The third-order valence-corrected chi connectivity index (χ3v) is 13.9. The minimum absolute atomic E-state index is 0.0896. The van der Waals surface area contributed by atoms with Gasteiger partial charge in [0.25, 0.3) is 0 Å². The van der Waals surface area contributed by atoms with Gasteiger partial charge in [0.15, 0.2) is 0 Å². The molecule has 1 aliphatic carbocycles. The van der Waals surface area contributed by atoms with E-state index in [1.54, 1.807) is 0 Å². The Hall–Kier alpha value is -8.14. The van der Waals surface area contributed by atoms with Crippen LogP contribution in [0.4, 0.5) is 17.1 Å². The summed E-state index contributed by atoms with van der Waals surface area (Å²) in [7, 11) is 0. The van der Waals surface area contributed by atoms with Gasteiger partial charge in [-0.15, -0.1) is 0 Å². The number of benzene rings is 9. The molecule has 3 heterocycles. The van der Waals surface area contributed by atoms with Crippen LogP contribution in [0.2, 0.25) is 0 Å². The van der Waals surface area contributed by atoms with Crippen LogP contribution in [-0.2, 0) is 5.41 Å². The van der Waals surface area contributed by atoms with E-state index in [0.717, 1.165) is 17.1 Å². The van der Waals surface area contributed by atoms with E-state index in [4.69, 9.17) is 0 Å². The molecule has 0 amide bonds. The number of aromatic nitrogens is 2. The molecule has 0 atom stereocenters. The van der Waals surface area contributed by atoms with Crippen molar-refractivity contribution in [2.75, 3.05) is 4.90 Å². The summed E-state index contributed by atoms with van der Waals surface area (Å²) in [6, 6.07) is 82.4. The number of rotatable bonds is 6. The van der Waals surface area contributed by atoms with Crippen molar-refractivity contribution in [2.45, 2.75) is 19.3 Å². The Kier molecular flexibility index (Phi) is 7.95. The van der Waals surface area contributed by atoms with Gasteiger partial charge in [-0.25, -0.2) is 0 Å². The predicted molar refractivity (Wildman–Crippen MR) is 270 cm³/mol. The lowest BCUT2D eigenvalue weighted by molar-refractivity contribution is 0.660. The number of pyridine rings is 1. The van der Waals surface area contributed by atoms with Crippen molar-refractivity contribution in [1.82, 2.24) is 8.97 Å². The largest absolute Gasteiger partial charge is 0.310 e. The van der Waals surface area contributed by atoms with E-state index in [9.17, 15) is 0 Å². The van der Waals surface area contributed by atoms with E-state index in [2.05, 4.69) is 252 Å². The molecule has 0 aliphatic heterocycles. The minimum Gasteiger partial charge on any atom is -0.310 e. The average Bonchev–Trinajstić information content (AvgIpc) is 3.96. The molecule has 9 aromatic carbocycles. The minimum atomic E-state index is -0.0896. The quantitative estimate of drug-likeness (QED) is 0.152.